The molecule has 8 heteroatoms. The lowest BCUT2D eigenvalue weighted by Crippen LogP contribution is -2.49. The molecule has 132 valence electrons. The van der Waals surface area contributed by atoms with Gasteiger partial charge in [0.05, 0.1) is 11.4 Å². The largest absolute Gasteiger partial charge is 0.354 e. The number of anilines is 1. The minimum absolute atomic E-state index is 0.0684. The fourth-order valence-corrected chi connectivity index (χ4v) is 3.79. The molecule has 0 atom stereocenters. The molecule has 1 saturated heterocycles. The van der Waals surface area contributed by atoms with Crippen LogP contribution in [0.4, 0.5) is 5.69 Å². The van der Waals surface area contributed by atoms with E-state index < -0.39 is 10.0 Å². The molecule has 24 heavy (non-hydrogen) atoms. The molecule has 2 amide bonds. The van der Waals surface area contributed by atoms with Crippen molar-refractivity contribution < 1.29 is 18.0 Å². The first-order chi connectivity index (χ1) is 11.3. The maximum atomic E-state index is 12.6. The van der Waals surface area contributed by atoms with Crippen LogP contribution >= 0.6 is 0 Å². The molecular formula is C16H23N3O4S. The molecule has 2 rings (SSSR count). The van der Waals surface area contributed by atoms with Gasteiger partial charge in [-0.1, -0.05) is 19.9 Å². The summed E-state index contributed by atoms with van der Waals surface area (Å²) in [5.74, 6) is -0.0359. The molecule has 1 aliphatic rings. The first kappa shape index (κ1) is 18.4. The molecule has 1 aliphatic heterocycles. The molecule has 1 heterocycles. The first-order valence-electron chi connectivity index (χ1n) is 7.96. The van der Waals surface area contributed by atoms with Gasteiger partial charge in [0, 0.05) is 25.2 Å². The van der Waals surface area contributed by atoms with Gasteiger partial charge in [0.25, 0.3) is 0 Å². The quantitative estimate of drug-likeness (QED) is 0.803. The van der Waals surface area contributed by atoms with Gasteiger partial charge in [-0.3, -0.25) is 9.59 Å². The molecule has 1 aromatic rings. The van der Waals surface area contributed by atoms with E-state index in [4.69, 9.17) is 0 Å². The molecule has 0 bridgehead atoms. The van der Waals surface area contributed by atoms with Crippen LogP contribution in [0.15, 0.2) is 29.2 Å². The monoisotopic (exact) mass is 353 g/mol. The van der Waals surface area contributed by atoms with E-state index in [1.165, 1.54) is 12.1 Å². The Balaban J connectivity index is 2.11. The highest BCUT2D eigenvalue weighted by Crippen LogP contribution is 2.20. The molecule has 0 aromatic heterocycles. The van der Waals surface area contributed by atoms with Crippen molar-refractivity contribution in [3.8, 4) is 0 Å². The van der Waals surface area contributed by atoms with Gasteiger partial charge >= 0.3 is 0 Å². The molecule has 0 radical (unpaired) electrons. The van der Waals surface area contributed by atoms with Crippen LogP contribution in [0.3, 0.4) is 0 Å². The van der Waals surface area contributed by atoms with E-state index in [9.17, 15) is 18.0 Å². The molecule has 0 unspecified atom stereocenters. The Morgan fingerprint density at radius 3 is 2.79 bits per heavy atom. The van der Waals surface area contributed by atoms with Crippen molar-refractivity contribution in [2.45, 2.75) is 31.6 Å². The number of carbonyl (C=O) groups excluding carboxylic acids is 2. The van der Waals surface area contributed by atoms with E-state index in [2.05, 4.69) is 10.6 Å². The van der Waals surface area contributed by atoms with Crippen LogP contribution in [0.1, 0.15) is 26.7 Å². The molecule has 1 aromatic carbocycles. The van der Waals surface area contributed by atoms with Crippen LogP contribution in [0.25, 0.3) is 0 Å². The van der Waals surface area contributed by atoms with Crippen molar-refractivity contribution in [1.29, 1.82) is 0 Å². The molecular weight excluding hydrogens is 330 g/mol. The van der Waals surface area contributed by atoms with Gasteiger partial charge in [0.2, 0.25) is 21.8 Å². The van der Waals surface area contributed by atoms with E-state index in [1.54, 1.807) is 12.1 Å². The first-order valence-corrected chi connectivity index (χ1v) is 9.40. The molecule has 0 aliphatic carbocycles. The number of hydrogen-bond donors (Lipinski definition) is 2. The second kappa shape index (κ2) is 7.76. The summed E-state index contributed by atoms with van der Waals surface area (Å²) in [5.41, 5.74) is 0.436. The van der Waals surface area contributed by atoms with Gasteiger partial charge < -0.3 is 10.6 Å². The SMILES string of the molecule is CC(C)CCC(=O)Nc1cccc(S(=O)(=O)N2CCNC(=O)C2)c1. The molecule has 0 saturated carbocycles. The summed E-state index contributed by atoms with van der Waals surface area (Å²) in [7, 11) is -3.76. The van der Waals surface area contributed by atoms with Crippen LogP contribution in [0.5, 0.6) is 0 Å². The number of nitrogens with zero attached hydrogens (tertiary/aromatic N) is 1. The Hall–Kier alpha value is -1.93. The maximum Gasteiger partial charge on any atom is 0.243 e. The predicted molar refractivity (Wildman–Crippen MR) is 90.9 cm³/mol. The zero-order valence-electron chi connectivity index (χ0n) is 13.9. The van der Waals surface area contributed by atoms with Gasteiger partial charge in [-0.05, 0) is 30.5 Å². The second-order valence-electron chi connectivity index (χ2n) is 6.20. The van der Waals surface area contributed by atoms with Gasteiger partial charge in [0.15, 0.2) is 0 Å². The minimum atomic E-state index is -3.76. The lowest BCUT2D eigenvalue weighted by molar-refractivity contribution is -0.122. The third-order valence-electron chi connectivity index (χ3n) is 3.71. The summed E-state index contributed by atoms with van der Waals surface area (Å²) >= 11 is 0. The summed E-state index contributed by atoms with van der Waals surface area (Å²) in [4.78, 5) is 23.4. The van der Waals surface area contributed by atoms with Crippen molar-refractivity contribution in [2.75, 3.05) is 25.0 Å². The average Bonchev–Trinajstić information content (AvgIpc) is 2.53. The molecule has 1 fully saturated rings. The standard InChI is InChI=1S/C16H23N3O4S/c1-12(2)6-7-15(20)18-13-4-3-5-14(10-13)24(22,23)19-9-8-17-16(21)11-19/h3-5,10,12H,6-9,11H2,1-2H3,(H,17,21)(H,18,20). The van der Waals surface area contributed by atoms with Gasteiger partial charge in [-0.2, -0.15) is 4.31 Å². The maximum absolute atomic E-state index is 12.6. The third kappa shape index (κ3) is 4.78. The normalized spacial score (nSPS) is 16.0. The number of hydrogen-bond acceptors (Lipinski definition) is 4. The molecule has 0 spiro atoms. The van der Waals surface area contributed by atoms with Crippen LogP contribution in [0, 0.1) is 5.92 Å². The Morgan fingerprint density at radius 2 is 2.12 bits per heavy atom. The highest BCUT2D eigenvalue weighted by molar-refractivity contribution is 7.89. The van der Waals surface area contributed by atoms with Crippen molar-refractivity contribution in [2.24, 2.45) is 5.92 Å². The van der Waals surface area contributed by atoms with Gasteiger partial charge in [-0.15, -0.1) is 0 Å². The van der Waals surface area contributed by atoms with Crippen LogP contribution < -0.4 is 10.6 Å². The van der Waals surface area contributed by atoms with E-state index in [0.29, 0.717) is 24.6 Å². The average molecular weight is 353 g/mol. The number of sulfonamides is 1. The second-order valence-corrected chi connectivity index (χ2v) is 8.14. The Morgan fingerprint density at radius 1 is 1.38 bits per heavy atom. The Labute approximate surface area is 142 Å². The van der Waals surface area contributed by atoms with Gasteiger partial charge in [0.1, 0.15) is 0 Å². The predicted octanol–water partition coefficient (Wildman–Crippen LogP) is 1.18. The summed E-state index contributed by atoms with van der Waals surface area (Å²) in [6, 6.07) is 6.12. The Kier molecular flexibility index (Phi) is 5.95. The van der Waals surface area contributed by atoms with Crippen molar-refractivity contribution >= 4 is 27.5 Å². The van der Waals surface area contributed by atoms with E-state index in [0.717, 1.165) is 10.7 Å². The zero-order chi connectivity index (χ0) is 17.7. The van der Waals surface area contributed by atoms with Crippen LogP contribution in [0.2, 0.25) is 0 Å². The lowest BCUT2D eigenvalue weighted by Gasteiger charge is -2.26. The van der Waals surface area contributed by atoms with E-state index >= 15 is 0 Å². The number of amides is 2. The minimum Gasteiger partial charge on any atom is -0.354 e. The number of carbonyl (C=O) groups is 2. The van der Waals surface area contributed by atoms with Crippen LogP contribution in [-0.2, 0) is 19.6 Å². The molecule has 2 N–H and O–H groups in total. The fourth-order valence-electron chi connectivity index (χ4n) is 2.35. The van der Waals surface area contributed by atoms with Crippen molar-refractivity contribution in [1.82, 2.24) is 9.62 Å². The fraction of sp³-hybridized carbons (Fsp3) is 0.500. The van der Waals surface area contributed by atoms with Crippen molar-refractivity contribution in [3.05, 3.63) is 24.3 Å². The van der Waals surface area contributed by atoms with Crippen LogP contribution in [-0.4, -0.2) is 44.2 Å². The molecule has 7 nitrogen and oxygen atoms in total. The van der Waals surface area contributed by atoms with E-state index in [1.807, 2.05) is 13.8 Å². The topological polar surface area (TPSA) is 95.6 Å². The van der Waals surface area contributed by atoms with E-state index in [-0.39, 0.29) is 29.8 Å². The Bertz CT molecular complexity index is 716. The highest BCUT2D eigenvalue weighted by atomic mass is 32.2. The zero-order valence-corrected chi connectivity index (χ0v) is 14.7. The summed E-state index contributed by atoms with van der Waals surface area (Å²) < 4.78 is 26.4. The lowest BCUT2D eigenvalue weighted by atomic mass is 10.1. The number of benzene rings is 1. The van der Waals surface area contributed by atoms with Crippen molar-refractivity contribution in [3.63, 3.8) is 0 Å². The number of piperazine rings is 1. The smallest absolute Gasteiger partial charge is 0.243 e. The van der Waals surface area contributed by atoms with Gasteiger partial charge in [-0.25, -0.2) is 8.42 Å². The summed E-state index contributed by atoms with van der Waals surface area (Å²) in [6.07, 6.45) is 1.16. The summed E-state index contributed by atoms with van der Waals surface area (Å²) in [5, 5.41) is 5.31. The number of nitrogens with one attached hydrogen (secondary N) is 2. The summed E-state index contributed by atoms with van der Waals surface area (Å²) in [6.45, 7) is 4.42. The highest BCUT2D eigenvalue weighted by Gasteiger charge is 2.29. The third-order valence-corrected chi connectivity index (χ3v) is 5.55. The number of rotatable bonds is 6.